The lowest BCUT2D eigenvalue weighted by Gasteiger charge is -2.45. The molecular formula is C31H40O2. The van der Waals surface area contributed by atoms with Gasteiger partial charge in [-0.15, -0.1) is 0 Å². The van der Waals surface area contributed by atoms with Crippen molar-refractivity contribution < 1.29 is 10.2 Å². The minimum Gasteiger partial charge on any atom is -0.507 e. The standard InChI is InChI=1S/C31H40O2/c1-18(2)25-10-12-26(13-11-25)24(9)31(19(3)4,27-14-20(5)29(32)21(6)15-27)28-16-22(7)30(33)23(8)17-28/h10-19,24,32-33H,1-9H3. The maximum Gasteiger partial charge on any atom is 0.121 e. The summed E-state index contributed by atoms with van der Waals surface area (Å²) in [5.41, 5.74) is 8.27. The lowest BCUT2D eigenvalue weighted by atomic mass is 9.58. The molecule has 0 radical (unpaired) electrons. The zero-order chi connectivity index (χ0) is 24.7. The van der Waals surface area contributed by atoms with Gasteiger partial charge in [-0.1, -0.05) is 83.1 Å². The van der Waals surface area contributed by atoms with Crippen molar-refractivity contribution in [1.82, 2.24) is 0 Å². The number of aryl methyl sites for hydroxylation is 4. The van der Waals surface area contributed by atoms with Crippen molar-refractivity contribution >= 4 is 0 Å². The van der Waals surface area contributed by atoms with Crippen molar-refractivity contribution in [2.24, 2.45) is 5.92 Å². The molecule has 3 aromatic rings. The largest absolute Gasteiger partial charge is 0.507 e. The average Bonchev–Trinajstić information content (AvgIpc) is 2.75. The zero-order valence-electron chi connectivity index (χ0n) is 21.7. The Morgan fingerprint density at radius 3 is 1.21 bits per heavy atom. The van der Waals surface area contributed by atoms with Gasteiger partial charge in [-0.25, -0.2) is 0 Å². The van der Waals surface area contributed by atoms with Crippen LogP contribution in [0.25, 0.3) is 0 Å². The van der Waals surface area contributed by atoms with Crippen molar-refractivity contribution in [3.05, 3.63) is 93.0 Å². The molecule has 0 aliphatic carbocycles. The fraction of sp³-hybridized carbons (Fsp3) is 0.419. The lowest BCUT2D eigenvalue weighted by molar-refractivity contribution is 0.315. The molecule has 2 N–H and O–H groups in total. The minimum absolute atomic E-state index is 0.172. The molecular weight excluding hydrogens is 404 g/mol. The van der Waals surface area contributed by atoms with E-state index in [2.05, 4.69) is 83.1 Å². The van der Waals surface area contributed by atoms with E-state index in [1.807, 2.05) is 27.7 Å². The molecule has 1 atom stereocenters. The molecule has 2 heteroatoms. The van der Waals surface area contributed by atoms with Gasteiger partial charge in [-0.2, -0.15) is 0 Å². The first-order chi connectivity index (χ1) is 15.4. The van der Waals surface area contributed by atoms with Crippen LogP contribution in [-0.2, 0) is 5.41 Å². The maximum atomic E-state index is 10.5. The molecule has 0 spiro atoms. The number of hydrogen-bond acceptors (Lipinski definition) is 2. The fourth-order valence-corrected chi connectivity index (χ4v) is 5.66. The summed E-state index contributed by atoms with van der Waals surface area (Å²) in [5.74, 6) is 1.66. The number of phenols is 2. The van der Waals surface area contributed by atoms with E-state index >= 15 is 0 Å². The first kappa shape index (κ1) is 24.9. The van der Waals surface area contributed by atoms with E-state index in [0.29, 0.717) is 17.4 Å². The molecule has 3 rings (SSSR count). The highest BCUT2D eigenvalue weighted by molar-refractivity contribution is 5.55. The SMILES string of the molecule is Cc1cc(C(c2cc(C)c(O)c(C)c2)(C(C)C)C(C)c2ccc(C(C)C)cc2)cc(C)c1O. The molecule has 0 aliphatic heterocycles. The van der Waals surface area contributed by atoms with Gasteiger partial charge in [0, 0.05) is 5.41 Å². The van der Waals surface area contributed by atoms with Gasteiger partial charge in [0.15, 0.2) is 0 Å². The summed E-state index contributed by atoms with van der Waals surface area (Å²) in [6, 6.07) is 17.7. The molecule has 0 aromatic heterocycles. The van der Waals surface area contributed by atoms with Crippen LogP contribution in [0, 0.1) is 33.6 Å². The predicted molar refractivity (Wildman–Crippen MR) is 140 cm³/mol. The smallest absolute Gasteiger partial charge is 0.121 e. The van der Waals surface area contributed by atoms with Crippen LogP contribution in [0.2, 0.25) is 0 Å². The normalized spacial score (nSPS) is 13.1. The highest BCUT2D eigenvalue weighted by Crippen LogP contribution is 2.52. The Morgan fingerprint density at radius 1 is 0.576 bits per heavy atom. The van der Waals surface area contributed by atoms with E-state index in [1.165, 1.54) is 22.3 Å². The molecule has 0 fully saturated rings. The summed E-state index contributed by atoms with van der Waals surface area (Å²) in [7, 11) is 0. The molecule has 2 nitrogen and oxygen atoms in total. The molecule has 0 aliphatic rings. The average molecular weight is 445 g/mol. The first-order valence-corrected chi connectivity index (χ1v) is 12.1. The van der Waals surface area contributed by atoms with Crippen molar-refractivity contribution in [3.8, 4) is 11.5 Å². The van der Waals surface area contributed by atoms with E-state index in [0.717, 1.165) is 22.3 Å². The monoisotopic (exact) mass is 444 g/mol. The molecule has 33 heavy (non-hydrogen) atoms. The van der Waals surface area contributed by atoms with Crippen LogP contribution < -0.4 is 0 Å². The number of aromatic hydroxyl groups is 2. The van der Waals surface area contributed by atoms with Gasteiger partial charge in [0.25, 0.3) is 0 Å². The second kappa shape index (κ2) is 9.25. The topological polar surface area (TPSA) is 40.5 Å². The van der Waals surface area contributed by atoms with Crippen LogP contribution in [0.5, 0.6) is 11.5 Å². The summed E-state index contributed by atoms with van der Waals surface area (Å²) in [6.07, 6.45) is 0. The Bertz CT molecular complexity index is 1030. The molecule has 0 saturated carbocycles. The van der Waals surface area contributed by atoms with Crippen molar-refractivity contribution in [2.75, 3.05) is 0 Å². The van der Waals surface area contributed by atoms with Gasteiger partial charge < -0.3 is 10.2 Å². The van der Waals surface area contributed by atoms with Crippen LogP contribution in [0.3, 0.4) is 0 Å². The molecule has 3 aromatic carbocycles. The Morgan fingerprint density at radius 2 is 0.909 bits per heavy atom. The van der Waals surface area contributed by atoms with Crippen LogP contribution in [0.1, 0.15) is 91.0 Å². The van der Waals surface area contributed by atoms with Gasteiger partial charge in [0.1, 0.15) is 11.5 Å². The second-order valence-electron chi connectivity index (χ2n) is 10.5. The molecule has 0 saturated heterocycles. The zero-order valence-corrected chi connectivity index (χ0v) is 21.7. The number of rotatable bonds is 6. The maximum absolute atomic E-state index is 10.5. The van der Waals surface area contributed by atoms with Gasteiger partial charge in [-0.05, 0) is 90.0 Å². The quantitative estimate of drug-likeness (QED) is 0.402. The molecule has 176 valence electrons. The number of hydrogen-bond donors (Lipinski definition) is 2. The molecule has 0 bridgehead atoms. The van der Waals surface area contributed by atoms with E-state index in [4.69, 9.17) is 0 Å². The predicted octanol–water partition coefficient (Wildman–Crippen LogP) is 8.20. The van der Waals surface area contributed by atoms with Gasteiger partial charge in [-0.3, -0.25) is 0 Å². The summed E-state index contributed by atoms with van der Waals surface area (Å²) >= 11 is 0. The Balaban J connectivity index is 2.38. The Labute approximate surface area is 200 Å². The third-order valence-corrected chi connectivity index (χ3v) is 7.63. The third-order valence-electron chi connectivity index (χ3n) is 7.63. The van der Waals surface area contributed by atoms with Crippen LogP contribution in [-0.4, -0.2) is 10.2 Å². The van der Waals surface area contributed by atoms with Gasteiger partial charge in [0.2, 0.25) is 0 Å². The summed E-state index contributed by atoms with van der Waals surface area (Å²) in [5, 5.41) is 21.1. The van der Waals surface area contributed by atoms with Crippen LogP contribution >= 0.6 is 0 Å². The fourth-order valence-electron chi connectivity index (χ4n) is 5.66. The lowest BCUT2D eigenvalue weighted by Crippen LogP contribution is -2.39. The van der Waals surface area contributed by atoms with E-state index in [-0.39, 0.29) is 17.3 Å². The third kappa shape index (κ3) is 4.28. The van der Waals surface area contributed by atoms with Gasteiger partial charge in [0.05, 0.1) is 0 Å². The Kier molecular flexibility index (Phi) is 6.98. The van der Waals surface area contributed by atoms with Crippen LogP contribution in [0.15, 0.2) is 48.5 Å². The van der Waals surface area contributed by atoms with E-state index in [9.17, 15) is 10.2 Å². The molecule has 1 unspecified atom stereocenters. The summed E-state index contributed by atoms with van der Waals surface area (Å²) in [4.78, 5) is 0. The van der Waals surface area contributed by atoms with Crippen molar-refractivity contribution in [3.63, 3.8) is 0 Å². The highest BCUT2D eigenvalue weighted by Gasteiger charge is 2.44. The van der Waals surface area contributed by atoms with Crippen molar-refractivity contribution in [2.45, 2.75) is 79.6 Å². The first-order valence-electron chi connectivity index (χ1n) is 12.1. The van der Waals surface area contributed by atoms with Crippen molar-refractivity contribution in [1.29, 1.82) is 0 Å². The van der Waals surface area contributed by atoms with E-state index in [1.54, 1.807) is 0 Å². The number of phenolic OH excluding ortho intramolecular Hbond substituents is 2. The minimum atomic E-state index is -0.341. The van der Waals surface area contributed by atoms with Gasteiger partial charge >= 0.3 is 0 Å². The summed E-state index contributed by atoms with van der Waals surface area (Å²) in [6.45, 7) is 19.3. The summed E-state index contributed by atoms with van der Waals surface area (Å²) < 4.78 is 0. The van der Waals surface area contributed by atoms with E-state index < -0.39 is 0 Å². The number of benzene rings is 3. The Hall–Kier alpha value is -2.74. The second-order valence-corrected chi connectivity index (χ2v) is 10.5. The molecule has 0 heterocycles. The molecule has 0 amide bonds. The highest BCUT2D eigenvalue weighted by atomic mass is 16.3. The van der Waals surface area contributed by atoms with Crippen LogP contribution in [0.4, 0.5) is 0 Å².